The van der Waals surface area contributed by atoms with Crippen LogP contribution in [-0.4, -0.2) is 30.3 Å². The average molecular weight is 299 g/mol. The van der Waals surface area contributed by atoms with E-state index in [4.69, 9.17) is 20.3 Å². The van der Waals surface area contributed by atoms with Gasteiger partial charge in [-0.25, -0.2) is 4.79 Å². The summed E-state index contributed by atoms with van der Waals surface area (Å²) in [5.41, 5.74) is 8.53. The van der Waals surface area contributed by atoms with Gasteiger partial charge in [0, 0.05) is 24.1 Å². The van der Waals surface area contributed by atoms with E-state index in [0.717, 1.165) is 28.9 Å². The van der Waals surface area contributed by atoms with E-state index in [9.17, 15) is 4.79 Å². The number of benzene rings is 2. The largest absolute Gasteiger partial charge is 0.488 e. The lowest BCUT2D eigenvalue weighted by atomic mass is 10.00. The maximum absolute atomic E-state index is 10.7. The first kappa shape index (κ1) is 14.4. The third-order valence-corrected chi connectivity index (χ3v) is 3.62. The lowest BCUT2D eigenvalue weighted by molar-refractivity contribution is -0.139. The Morgan fingerprint density at radius 3 is 2.77 bits per heavy atom. The Hall–Kier alpha value is -2.53. The van der Waals surface area contributed by atoms with Crippen LogP contribution in [0.1, 0.15) is 5.56 Å². The average Bonchev–Trinajstić information content (AvgIpc) is 2.96. The van der Waals surface area contributed by atoms with Crippen molar-refractivity contribution in [1.82, 2.24) is 0 Å². The lowest BCUT2D eigenvalue weighted by Gasteiger charge is -2.14. The van der Waals surface area contributed by atoms with E-state index in [1.165, 1.54) is 0 Å². The molecule has 3 N–H and O–H groups in total. The molecule has 0 fully saturated rings. The molecule has 114 valence electrons. The summed E-state index contributed by atoms with van der Waals surface area (Å²) in [6, 6.07) is 13.3. The fourth-order valence-electron chi connectivity index (χ4n) is 2.64. The molecular formula is C17H17NO4. The Bertz CT molecular complexity index is 699. The molecule has 5 heteroatoms. The van der Waals surface area contributed by atoms with Crippen molar-refractivity contribution < 1.29 is 19.4 Å². The van der Waals surface area contributed by atoms with Crippen LogP contribution in [0, 0.1) is 0 Å². The number of aliphatic carboxylic acids is 1. The van der Waals surface area contributed by atoms with Crippen LogP contribution in [0.3, 0.4) is 0 Å². The fraction of sp³-hybridized carbons (Fsp3) is 0.235. The highest BCUT2D eigenvalue weighted by Gasteiger charge is 2.25. The van der Waals surface area contributed by atoms with E-state index in [2.05, 4.69) is 0 Å². The predicted octanol–water partition coefficient (Wildman–Crippen LogP) is 2.08. The number of rotatable bonds is 5. The zero-order valence-electron chi connectivity index (χ0n) is 12.0. The molecule has 0 saturated heterocycles. The van der Waals surface area contributed by atoms with Gasteiger partial charge < -0.3 is 20.3 Å². The van der Waals surface area contributed by atoms with Crippen LogP contribution < -0.4 is 15.2 Å². The Labute approximate surface area is 128 Å². The maximum Gasteiger partial charge on any atom is 0.341 e. The standard InChI is InChI=1S/C17H17NO4/c18-9-12-8-11-4-3-6-14(17(11)22-12)13-5-1-2-7-15(13)21-10-16(19)20/h1-7,12H,8-10,18H2,(H,19,20). The van der Waals surface area contributed by atoms with Gasteiger partial charge in [0.25, 0.3) is 0 Å². The topological polar surface area (TPSA) is 81.8 Å². The predicted molar refractivity (Wildman–Crippen MR) is 82.2 cm³/mol. The zero-order chi connectivity index (χ0) is 15.5. The highest BCUT2D eigenvalue weighted by Crippen LogP contribution is 2.41. The van der Waals surface area contributed by atoms with E-state index in [1.54, 1.807) is 6.07 Å². The SMILES string of the molecule is NCC1Cc2cccc(-c3ccccc3OCC(=O)O)c2O1. The van der Waals surface area contributed by atoms with E-state index in [0.29, 0.717) is 12.3 Å². The normalized spacial score (nSPS) is 16.0. The van der Waals surface area contributed by atoms with Crippen LogP contribution in [0.5, 0.6) is 11.5 Å². The number of carboxylic acids is 1. The van der Waals surface area contributed by atoms with E-state index in [1.807, 2.05) is 36.4 Å². The van der Waals surface area contributed by atoms with Crippen molar-refractivity contribution in [1.29, 1.82) is 0 Å². The van der Waals surface area contributed by atoms with Crippen molar-refractivity contribution in [3.8, 4) is 22.6 Å². The zero-order valence-corrected chi connectivity index (χ0v) is 12.0. The van der Waals surface area contributed by atoms with Gasteiger partial charge >= 0.3 is 5.97 Å². The van der Waals surface area contributed by atoms with Crippen molar-refractivity contribution in [2.24, 2.45) is 5.73 Å². The number of hydrogen-bond donors (Lipinski definition) is 2. The highest BCUT2D eigenvalue weighted by molar-refractivity contribution is 5.78. The van der Waals surface area contributed by atoms with Crippen molar-refractivity contribution in [2.75, 3.05) is 13.2 Å². The highest BCUT2D eigenvalue weighted by atomic mass is 16.5. The van der Waals surface area contributed by atoms with Crippen LogP contribution in [0.25, 0.3) is 11.1 Å². The summed E-state index contributed by atoms with van der Waals surface area (Å²) in [6.45, 7) is 0.0869. The summed E-state index contributed by atoms with van der Waals surface area (Å²) in [5.74, 6) is 0.329. The lowest BCUT2D eigenvalue weighted by Crippen LogP contribution is -2.24. The molecular weight excluding hydrogens is 282 g/mol. The van der Waals surface area contributed by atoms with Crippen LogP contribution in [-0.2, 0) is 11.2 Å². The van der Waals surface area contributed by atoms with Crippen molar-refractivity contribution in [3.05, 3.63) is 48.0 Å². The monoisotopic (exact) mass is 299 g/mol. The molecule has 0 spiro atoms. The van der Waals surface area contributed by atoms with Crippen LogP contribution in [0.4, 0.5) is 0 Å². The summed E-state index contributed by atoms with van der Waals surface area (Å²) in [4.78, 5) is 10.7. The first-order valence-electron chi connectivity index (χ1n) is 7.11. The third-order valence-electron chi connectivity index (χ3n) is 3.62. The third kappa shape index (κ3) is 2.76. The van der Waals surface area contributed by atoms with Gasteiger partial charge in [-0.1, -0.05) is 36.4 Å². The van der Waals surface area contributed by atoms with Crippen LogP contribution >= 0.6 is 0 Å². The van der Waals surface area contributed by atoms with Gasteiger partial charge in [-0.15, -0.1) is 0 Å². The van der Waals surface area contributed by atoms with Gasteiger partial charge in [0.2, 0.25) is 0 Å². The number of ether oxygens (including phenoxy) is 2. The molecule has 1 atom stereocenters. The minimum Gasteiger partial charge on any atom is -0.488 e. The number of nitrogens with two attached hydrogens (primary N) is 1. The summed E-state index contributed by atoms with van der Waals surface area (Å²) in [6.07, 6.45) is 0.779. The molecule has 0 amide bonds. The van der Waals surface area contributed by atoms with Gasteiger partial charge in [0.05, 0.1) is 0 Å². The van der Waals surface area contributed by atoms with Gasteiger partial charge in [0.1, 0.15) is 17.6 Å². The molecule has 0 aromatic heterocycles. The van der Waals surface area contributed by atoms with Crippen molar-refractivity contribution >= 4 is 5.97 Å². The van der Waals surface area contributed by atoms with Crippen LogP contribution in [0.15, 0.2) is 42.5 Å². The Morgan fingerprint density at radius 1 is 1.23 bits per heavy atom. The molecule has 2 aromatic rings. The second kappa shape index (κ2) is 6.07. The fourth-order valence-corrected chi connectivity index (χ4v) is 2.64. The summed E-state index contributed by atoms with van der Waals surface area (Å²) >= 11 is 0. The minimum absolute atomic E-state index is 0.0109. The number of hydrogen-bond acceptors (Lipinski definition) is 4. The summed E-state index contributed by atoms with van der Waals surface area (Å²) in [7, 11) is 0. The smallest absolute Gasteiger partial charge is 0.341 e. The van der Waals surface area contributed by atoms with Gasteiger partial charge in [-0.05, 0) is 11.6 Å². The van der Waals surface area contributed by atoms with Gasteiger partial charge in [-0.3, -0.25) is 0 Å². The molecule has 0 aliphatic carbocycles. The van der Waals surface area contributed by atoms with Gasteiger partial charge in [0.15, 0.2) is 6.61 Å². The number of fused-ring (bicyclic) bond motifs is 1. The molecule has 1 aliphatic rings. The minimum atomic E-state index is -1.01. The molecule has 5 nitrogen and oxygen atoms in total. The molecule has 0 bridgehead atoms. The first-order valence-corrected chi connectivity index (χ1v) is 7.11. The van der Waals surface area contributed by atoms with E-state index >= 15 is 0 Å². The summed E-state index contributed by atoms with van der Waals surface area (Å²) in [5, 5.41) is 8.79. The van der Waals surface area contributed by atoms with Crippen molar-refractivity contribution in [3.63, 3.8) is 0 Å². The molecule has 2 aromatic carbocycles. The van der Waals surface area contributed by atoms with Gasteiger partial charge in [-0.2, -0.15) is 0 Å². The first-order chi connectivity index (χ1) is 10.7. The number of carboxylic acid groups (broad SMARTS) is 1. The maximum atomic E-state index is 10.7. The molecule has 3 rings (SSSR count). The number of carbonyl (C=O) groups is 1. The van der Waals surface area contributed by atoms with Crippen LogP contribution in [0.2, 0.25) is 0 Å². The molecule has 1 heterocycles. The molecule has 22 heavy (non-hydrogen) atoms. The Kier molecular flexibility index (Phi) is 3.98. The molecule has 1 unspecified atom stereocenters. The second-order valence-corrected chi connectivity index (χ2v) is 5.15. The van der Waals surface area contributed by atoms with E-state index < -0.39 is 5.97 Å². The van der Waals surface area contributed by atoms with E-state index in [-0.39, 0.29) is 12.7 Å². The Balaban J connectivity index is 1.99. The molecule has 1 aliphatic heterocycles. The second-order valence-electron chi connectivity index (χ2n) is 5.15. The Morgan fingerprint density at radius 2 is 2.00 bits per heavy atom. The summed E-state index contributed by atoms with van der Waals surface area (Å²) < 4.78 is 11.3. The number of para-hydroxylation sites is 2. The van der Waals surface area contributed by atoms with Crippen molar-refractivity contribution in [2.45, 2.75) is 12.5 Å². The molecule has 0 radical (unpaired) electrons. The molecule has 0 saturated carbocycles. The quantitative estimate of drug-likeness (QED) is 0.883.